The summed E-state index contributed by atoms with van der Waals surface area (Å²) in [6.07, 6.45) is 0. The highest BCUT2D eigenvalue weighted by Crippen LogP contribution is 2.64. The Hall–Kier alpha value is -1.42. The van der Waals surface area contributed by atoms with Crippen LogP contribution in [0.3, 0.4) is 0 Å². The van der Waals surface area contributed by atoms with E-state index in [1.54, 1.807) is 12.1 Å². The van der Waals surface area contributed by atoms with Crippen molar-refractivity contribution >= 4 is 0 Å². The fraction of sp³-hybridized carbons (Fsp3) is 0.538. The number of phenolic OH excluding ortho intramolecular Hbond substituents is 2. The van der Waals surface area contributed by atoms with Gasteiger partial charge in [0.05, 0.1) is 7.11 Å². The second-order valence-electron chi connectivity index (χ2n) is 5.23. The van der Waals surface area contributed by atoms with E-state index in [4.69, 9.17) is 10.5 Å². The predicted octanol–water partition coefficient (Wildman–Crippen LogP) is 1.80. The van der Waals surface area contributed by atoms with E-state index in [1.165, 1.54) is 7.11 Å². The number of methoxy groups -OCH3 is 1. The molecule has 0 spiro atoms. The normalized spacial score (nSPS) is 25.6. The summed E-state index contributed by atoms with van der Waals surface area (Å²) in [4.78, 5) is 0. The fourth-order valence-electron chi connectivity index (χ4n) is 2.79. The Kier molecular flexibility index (Phi) is 2.70. The minimum absolute atomic E-state index is 0.141. The van der Waals surface area contributed by atoms with E-state index < -0.39 is 0 Å². The molecule has 0 saturated heterocycles. The van der Waals surface area contributed by atoms with Crippen molar-refractivity contribution in [1.82, 2.24) is 0 Å². The third-order valence-electron chi connectivity index (χ3n) is 3.96. The summed E-state index contributed by atoms with van der Waals surface area (Å²) in [5, 5.41) is 19.2. The van der Waals surface area contributed by atoms with E-state index in [1.807, 2.05) is 0 Å². The molecule has 4 nitrogen and oxygen atoms in total. The van der Waals surface area contributed by atoms with Crippen LogP contribution in [-0.4, -0.2) is 23.9 Å². The Morgan fingerprint density at radius 1 is 1.35 bits per heavy atom. The van der Waals surface area contributed by atoms with E-state index in [2.05, 4.69) is 13.8 Å². The van der Waals surface area contributed by atoms with Crippen molar-refractivity contribution in [3.63, 3.8) is 0 Å². The minimum atomic E-state index is -0.209. The lowest BCUT2D eigenvalue weighted by molar-refractivity contribution is 0.350. The standard InChI is InChI=1S/C13H19NO3/c1-13(2)8(6-14)11(13)7-4-9(15)12(16)10(5-7)17-3/h4-5,8,11,15-16H,6,14H2,1-3H3. The van der Waals surface area contributed by atoms with Crippen molar-refractivity contribution in [1.29, 1.82) is 0 Å². The van der Waals surface area contributed by atoms with Crippen molar-refractivity contribution in [3.8, 4) is 17.2 Å². The quantitative estimate of drug-likeness (QED) is 0.701. The Labute approximate surface area is 101 Å². The van der Waals surface area contributed by atoms with Crippen molar-refractivity contribution in [3.05, 3.63) is 17.7 Å². The monoisotopic (exact) mass is 237 g/mol. The maximum absolute atomic E-state index is 9.66. The summed E-state index contributed by atoms with van der Waals surface area (Å²) in [6, 6.07) is 3.37. The maximum atomic E-state index is 9.66. The van der Waals surface area contributed by atoms with Gasteiger partial charge in [-0.1, -0.05) is 13.8 Å². The number of aromatic hydroxyl groups is 2. The first-order valence-electron chi connectivity index (χ1n) is 5.73. The van der Waals surface area contributed by atoms with E-state index in [-0.39, 0.29) is 16.9 Å². The Morgan fingerprint density at radius 2 is 2.00 bits per heavy atom. The van der Waals surface area contributed by atoms with Gasteiger partial charge in [0.25, 0.3) is 0 Å². The van der Waals surface area contributed by atoms with Crippen LogP contribution in [0.2, 0.25) is 0 Å². The van der Waals surface area contributed by atoms with Gasteiger partial charge in [-0.05, 0) is 41.5 Å². The molecule has 0 radical (unpaired) electrons. The second-order valence-corrected chi connectivity index (χ2v) is 5.23. The molecule has 1 aromatic carbocycles. The van der Waals surface area contributed by atoms with Crippen molar-refractivity contribution in [2.24, 2.45) is 17.1 Å². The van der Waals surface area contributed by atoms with Crippen LogP contribution in [0, 0.1) is 11.3 Å². The third-order valence-corrected chi connectivity index (χ3v) is 3.96. The maximum Gasteiger partial charge on any atom is 0.200 e. The van der Waals surface area contributed by atoms with Crippen molar-refractivity contribution in [2.45, 2.75) is 19.8 Å². The average molecular weight is 237 g/mol. The van der Waals surface area contributed by atoms with Gasteiger partial charge in [-0.2, -0.15) is 0 Å². The van der Waals surface area contributed by atoms with Gasteiger partial charge < -0.3 is 20.7 Å². The molecule has 94 valence electrons. The summed E-state index contributed by atoms with van der Waals surface area (Å²) >= 11 is 0. The van der Waals surface area contributed by atoms with Crippen molar-refractivity contribution in [2.75, 3.05) is 13.7 Å². The molecule has 1 aliphatic carbocycles. The Bertz CT molecular complexity index is 443. The number of ether oxygens (including phenoxy) is 1. The van der Waals surface area contributed by atoms with E-state index in [9.17, 15) is 10.2 Å². The SMILES string of the molecule is COc1cc(C2C(CN)C2(C)C)cc(O)c1O. The summed E-state index contributed by atoms with van der Waals surface area (Å²) < 4.78 is 5.04. The summed E-state index contributed by atoms with van der Waals surface area (Å²) in [5.74, 6) is 0.680. The van der Waals surface area contributed by atoms with Crippen LogP contribution >= 0.6 is 0 Å². The number of rotatable bonds is 3. The molecule has 4 heteroatoms. The molecule has 2 rings (SSSR count). The van der Waals surface area contributed by atoms with Gasteiger partial charge in [-0.15, -0.1) is 0 Å². The van der Waals surface area contributed by atoms with E-state index in [0.717, 1.165) is 5.56 Å². The van der Waals surface area contributed by atoms with Crippen LogP contribution in [-0.2, 0) is 0 Å². The molecule has 0 amide bonds. The van der Waals surface area contributed by atoms with Crippen molar-refractivity contribution < 1.29 is 14.9 Å². The molecule has 0 bridgehead atoms. The average Bonchev–Trinajstić information content (AvgIpc) is 2.84. The first kappa shape index (κ1) is 12.0. The number of hydrogen-bond acceptors (Lipinski definition) is 4. The second kappa shape index (κ2) is 3.81. The molecule has 1 aliphatic rings. The molecular formula is C13H19NO3. The lowest BCUT2D eigenvalue weighted by Crippen LogP contribution is -2.05. The van der Waals surface area contributed by atoms with Gasteiger partial charge in [0.1, 0.15) is 0 Å². The topological polar surface area (TPSA) is 75.7 Å². The summed E-state index contributed by atoms with van der Waals surface area (Å²) in [6.45, 7) is 4.94. The third kappa shape index (κ3) is 1.72. The summed E-state index contributed by atoms with van der Waals surface area (Å²) in [7, 11) is 1.47. The zero-order valence-electron chi connectivity index (χ0n) is 10.4. The molecule has 17 heavy (non-hydrogen) atoms. The highest BCUT2D eigenvalue weighted by atomic mass is 16.5. The lowest BCUT2D eigenvalue weighted by atomic mass is 10.0. The van der Waals surface area contributed by atoms with E-state index >= 15 is 0 Å². The minimum Gasteiger partial charge on any atom is -0.504 e. The first-order valence-corrected chi connectivity index (χ1v) is 5.73. The largest absolute Gasteiger partial charge is 0.504 e. The molecule has 1 aromatic rings. The number of hydrogen-bond donors (Lipinski definition) is 3. The number of benzene rings is 1. The molecule has 0 heterocycles. The Balaban J connectivity index is 2.39. The number of phenols is 2. The zero-order valence-corrected chi connectivity index (χ0v) is 10.4. The molecule has 0 aromatic heterocycles. The van der Waals surface area contributed by atoms with Crippen LogP contribution in [0.15, 0.2) is 12.1 Å². The molecule has 2 unspecified atom stereocenters. The van der Waals surface area contributed by atoms with Gasteiger partial charge in [-0.3, -0.25) is 0 Å². The predicted molar refractivity (Wildman–Crippen MR) is 65.4 cm³/mol. The summed E-state index contributed by atoms with van der Waals surface area (Å²) in [5.41, 5.74) is 6.84. The van der Waals surface area contributed by atoms with Gasteiger partial charge in [0, 0.05) is 0 Å². The molecule has 0 aliphatic heterocycles. The van der Waals surface area contributed by atoms with Crippen LogP contribution in [0.5, 0.6) is 17.2 Å². The number of nitrogens with two attached hydrogens (primary N) is 1. The molecular weight excluding hydrogens is 218 g/mol. The van der Waals surface area contributed by atoms with Crippen LogP contribution in [0.1, 0.15) is 25.3 Å². The van der Waals surface area contributed by atoms with Crippen LogP contribution in [0.4, 0.5) is 0 Å². The Morgan fingerprint density at radius 3 is 2.47 bits per heavy atom. The molecule has 1 fully saturated rings. The molecule has 4 N–H and O–H groups in total. The highest BCUT2D eigenvalue weighted by molar-refractivity contribution is 5.54. The van der Waals surface area contributed by atoms with Gasteiger partial charge >= 0.3 is 0 Å². The highest BCUT2D eigenvalue weighted by Gasteiger charge is 2.57. The van der Waals surface area contributed by atoms with E-state index in [0.29, 0.717) is 24.1 Å². The van der Waals surface area contributed by atoms with Gasteiger partial charge in [-0.25, -0.2) is 0 Å². The lowest BCUT2D eigenvalue weighted by Gasteiger charge is -2.09. The van der Waals surface area contributed by atoms with Crippen LogP contribution in [0.25, 0.3) is 0 Å². The van der Waals surface area contributed by atoms with Gasteiger partial charge in [0.15, 0.2) is 11.5 Å². The van der Waals surface area contributed by atoms with Gasteiger partial charge in [0.2, 0.25) is 5.75 Å². The molecule has 2 atom stereocenters. The molecule has 1 saturated carbocycles. The fourth-order valence-corrected chi connectivity index (χ4v) is 2.79. The first-order chi connectivity index (χ1) is 7.93. The smallest absolute Gasteiger partial charge is 0.200 e. The zero-order chi connectivity index (χ0) is 12.8. The van der Waals surface area contributed by atoms with Crippen LogP contribution < -0.4 is 10.5 Å².